The quantitative estimate of drug-likeness (QED) is 0.602. The van der Waals surface area contributed by atoms with Crippen LogP contribution in [0.3, 0.4) is 0 Å². The Balaban J connectivity index is 3.01. The van der Waals surface area contributed by atoms with Gasteiger partial charge in [-0.2, -0.15) is 13.2 Å². The standard InChI is InChI=1S/C11H13F3N2O5S/c1-2-9(10(17)11(12,13)14)15-22(20,21)8-5-3-7(4-6-8)16(18)19/h3-6,9-10,15,17H,2H2,1H3/t9-,10+/m0/s1. The van der Waals surface area contributed by atoms with E-state index in [1.807, 2.05) is 0 Å². The van der Waals surface area contributed by atoms with Crippen LogP contribution < -0.4 is 4.72 Å². The van der Waals surface area contributed by atoms with E-state index in [2.05, 4.69) is 0 Å². The average molecular weight is 342 g/mol. The first-order valence-electron chi connectivity index (χ1n) is 6.00. The van der Waals surface area contributed by atoms with Gasteiger partial charge in [0.05, 0.1) is 15.9 Å². The highest BCUT2D eigenvalue weighted by Crippen LogP contribution is 2.25. The molecule has 1 aromatic rings. The van der Waals surface area contributed by atoms with E-state index in [0.717, 1.165) is 24.3 Å². The zero-order valence-electron chi connectivity index (χ0n) is 11.2. The molecule has 0 amide bonds. The van der Waals surface area contributed by atoms with Gasteiger partial charge in [0, 0.05) is 12.1 Å². The molecule has 11 heteroatoms. The van der Waals surface area contributed by atoms with Gasteiger partial charge in [0.25, 0.3) is 5.69 Å². The molecule has 1 aromatic carbocycles. The summed E-state index contributed by atoms with van der Waals surface area (Å²) in [5.74, 6) is 0. The van der Waals surface area contributed by atoms with Crippen LogP contribution in [-0.4, -0.2) is 36.8 Å². The SMILES string of the molecule is CC[C@H](NS(=O)(=O)c1ccc([N+](=O)[O-])cc1)[C@@H](O)C(F)(F)F. The lowest BCUT2D eigenvalue weighted by Crippen LogP contribution is -2.49. The Labute approximate surface area is 124 Å². The molecule has 1 rings (SSSR count). The van der Waals surface area contributed by atoms with Crippen LogP contribution in [0, 0.1) is 10.1 Å². The maximum absolute atomic E-state index is 12.4. The number of rotatable bonds is 6. The van der Waals surface area contributed by atoms with Crippen molar-refractivity contribution in [1.82, 2.24) is 4.72 Å². The summed E-state index contributed by atoms with van der Waals surface area (Å²) in [7, 11) is -4.35. The molecule has 0 radical (unpaired) electrons. The number of sulfonamides is 1. The number of aliphatic hydroxyl groups is 1. The Bertz CT molecular complexity index is 630. The van der Waals surface area contributed by atoms with Gasteiger partial charge in [-0.25, -0.2) is 13.1 Å². The van der Waals surface area contributed by atoms with Crippen LogP contribution in [0.4, 0.5) is 18.9 Å². The van der Waals surface area contributed by atoms with Crippen molar-refractivity contribution in [3.8, 4) is 0 Å². The monoisotopic (exact) mass is 342 g/mol. The summed E-state index contributed by atoms with van der Waals surface area (Å²) in [5.41, 5.74) is -0.360. The third-order valence-corrected chi connectivity index (χ3v) is 4.33. The van der Waals surface area contributed by atoms with Gasteiger partial charge in [0.1, 0.15) is 0 Å². The second-order valence-electron chi connectivity index (χ2n) is 4.37. The van der Waals surface area contributed by atoms with Crippen molar-refractivity contribution in [3.05, 3.63) is 34.4 Å². The molecule has 0 aliphatic heterocycles. The molecule has 2 atom stereocenters. The number of nitro groups is 1. The fraction of sp³-hybridized carbons (Fsp3) is 0.455. The molecule has 0 fully saturated rings. The van der Waals surface area contributed by atoms with Gasteiger partial charge in [-0.05, 0) is 18.6 Å². The molecule has 0 unspecified atom stereocenters. The van der Waals surface area contributed by atoms with E-state index in [-0.39, 0.29) is 12.1 Å². The molecule has 0 aliphatic rings. The van der Waals surface area contributed by atoms with E-state index in [1.165, 1.54) is 6.92 Å². The van der Waals surface area contributed by atoms with Gasteiger partial charge in [0.15, 0.2) is 6.10 Å². The fourth-order valence-corrected chi connectivity index (χ4v) is 2.94. The normalized spacial score (nSPS) is 15.3. The number of benzene rings is 1. The van der Waals surface area contributed by atoms with Crippen molar-refractivity contribution in [2.45, 2.75) is 36.6 Å². The van der Waals surface area contributed by atoms with Gasteiger partial charge < -0.3 is 5.11 Å². The number of alkyl halides is 3. The van der Waals surface area contributed by atoms with E-state index >= 15 is 0 Å². The number of non-ortho nitro benzene ring substituents is 1. The van der Waals surface area contributed by atoms with Crippen LogP contribution in [0.1, 0.15) is 13.3 Å². The van der Waals surface area contributed by atoms with Crippen molar-refractivity contribution < 1.29 is 31.6 Å². The van der Waals surface area contributed by atoms with Gasteiger partial charge in [0.2, 0.25) is 10.0 Å². The maximum Gasteiger partial charge on any atom is 0.415 e. The van der Waals surface area contributed by atoms with E-state index in [0.29, 0.717) is 0 Å². The Morgan fingerprint density at radius 3 is 2.18 bits per heavy atom. The summed E-state index contributed by atoms with van der Waals surface area (Å²) in [6.07, 6.45) is -8.13. The first-order chi connectivity index (χ1) is 9.99. The van der Waals surface area contributed by atoms with E-state index in [9.17, 15) is 31.7 Å². The number of halogens is 3. The third-order valence-electron chi connectivity index (χ3n) is 2.82. The molecular formula is C11H13F3N2O5S. The van der Waals surface area contributed by atoms with Crippen molar-refractivity contribution in [1.29, 1.82) is 0 Å². The van der Waals surface area contributed by atoms with Crippen LogP contribution in [0.2, 0.25) is 0 Å². The summed E-state index contributed by atoms with van der Waals surface area (Å²) < 4.78 is 63.0. The lowest BCUT2D eigenvalue weighted by Gasteiger charge is -2.24. The second kappa shape index (κ2) is 6.58. The second-order valence-corrected chi connectivity index (χ2v) is 6.09. The van der Waals surface area contributed by atoms with Gasteiger partial charge >= 0.3 is 6.18 Å². The Morgan fingerprint density at radius 1 is 1.32 bits per heavy atom. The zero-order chi connectivity index (χ0) is 17.1. The molecule has 124 valence electrons. The predicted octanol–water partition coefficient (Wildman–Crippen LogP) is 1.57. The first kappa shape index (κ1) is 18.3. The number of hydrogen-bond donors (Lipinski definition) is 2. The maximum atomic E-state index is 12.4. The molecular weight excluding hydrogens is 329 g/mol. The zero-order valence-corrected chi connectivity index (χ0v) is 12.1. The van der Waals surface area contributed by atoms with Crippen LogP contribution in [0.15, 0.2) is 29.2 Å². The number of aliphatic hydroxyl groups excluding tert-OH is 1. The smallest absolute Gasteiger partial charge is 0.382 e. The molecule has 0 aromatic heterocycles. The van der Waals surface area contributed by atoms with E-state index in [4.69, 9.17) is 5.11 Å². The first-order valence-corrected chi connectivity index (χ1v) is 7.49. The average Bonchev–Trinajstić information content (AvgIpc) is 2.43. The molecule has 0 aliphatic carbocycles. The predicted molar refractivity (Wildman–Crippen MR) is 69.6 cm³/mol. The lowest BCUT2D eigenvalue weighted by molar-refractivity contribution is -0.384. The molecule has 7 nitrogen and oxygen atoms in total. The Morgan fingerprint density at radius 2 is 1.82 bits per heavy atom. The molecule has 0 saturated carbocycles. The Hall–Kier alpha value is -1.72. The fourth-order valence-electron chi connectivity index (χ4n) is 1.61. The van der Waals surface area contributed by atoms with E-state index < -0.39 is 38.2 Å². The van der Waals surface area contributed by atoms with Crippen LogP contribution >= 0.6 is 0 Å². The topological polar surface area (TPSA) is 110 Å². The largest absolute Gasteiger partial charge is 0.415 e. The van der Waals surface area contributed by atoms with Crippen LogP contribution in [0.25, 0.3) is 0 Å². The highest BCUT2D eigenvalue weighted by Gasteiger charge is 2.44. The molecule has 22 heavy (non-hydrogen) atoms. The highest BCUT2D eigenvalue weighted by atomic mass is 32.2. The van der Waals surface area contributed by atoms with E-state index in [1.54, 1.807) is 4.72 Å². The van der Waals surface area contributed by atoms with Gasteiger partial charge in [-0.3, -0.25) is 10.1 Å². The van der Waals surface area contributed by atoms with Crippen molar-refractivity contribution in [2.75, 3.05) is 0 Å². The summed E-state index contributed by atoms with van der Waals surface area (Å²) in [4.78, 5) is 9.29. The van der Waals surface area contributed by atoms with Crippen LogP contribution in [-0.2, 0) is 10.0 Å². The van der Waals surface area contributed by atoms with Gasteiger partial charge in [-0.1, -0.05) is 6.92 Å². The summed E-state index contributed by atoms with van der Waals surface area (Å²) >= 11 is 0. The third kappa shape index (κ3) is 4.39. The minimum Gasteiger partial charge on any atom is -0.382 e. The number of nitro benzene ring substituents is 1. The van der Waals surface area contributed by atoms with Gasteiger partial charge in [-0.15, -0.1) is 0 Å². The molecule has 0 saturated heterocycles. The van der Waals surface area contributed by atoms with Crippen molar-refractivity contribution in [2.24, 2.45) is 0 Å². The van der Waals surface area contributed by atoms with Crippen LogP contribution in [0.5, 0.6) is 0 Å². The summed E-state index contributed by atoms with van der Waals surface area (Å²) in [6.45, 7) is 1.28. The molecule has 2 N–H and O–H groups in total. The summed E-state index contributed by atoms with van der Waals surface area (Å²) in [6, 6.07) is 1.85. The molecule has 0 bridgehead atoms. The van der Waals surface area contributed by atoms with Crippen molar-refractivity contribution in [3.63, 3.8) is 0 Å². The molecule has 0 heterocycles. The number of nitrogens with one attached hydrogen (secondary N) is 1. The minimum atomic E-state index is -4.97. The number of hydrogen-bond acceptors (Lipinski definition) is 5. The van der Waals surface area contributed by atoms with Crippen molar-refractivity contribution >= 4 is 15.7 Å². The number of nitrogens with zero attached hydrogens (tertiary/aromatic N) is 1. The summed E-state index contributed by atoms with van der Waals surface area (Å²) in [5, 5.41) is 19.6. The lowest BCUT2D eigenvalue weighted by atomic mass is 10.1. The highest BCUT2D eigenvalue weighted by molar-refractivity contribution is 7.89. The Kier molecular flexibility index (Phi) is 5.49. The minimum absolute atomic E-state index is 0.299. The molecule has 0 spiro atoms.